The van der Waals surface area contributed by atoms with Crippen LogP contribution >= 0.6 is 0 Å². The number of hydrogen-bond donors (Lipinski definition) is 0. The summed E-state index contributed by atoms with van der Waals surface area (Å²) in [6, 6.07) is 9.60. The molecule has 0 radical (unpaired) electrons. The molecule has 25 heavy (non-hydrogen) atoms. The molecule has 1 aromatic heterocycles. The van der Waals surface area contributed by atoms with Crippen LogP contribution in [0.25, 0.3) is 0 Å². The van der Waals surface area contributed by atoms with Crippen molar-refractivity contribution in [1.82, 2.24) is 9.88 Å². The molecule has 2 aliphatic rings. The zero-order valence-electron chi connectivity index (χ0n) is 14.0. The first-order chi connectivity index (χ1) is 12.1. The number of piperidine rings is 1. The number of rotatable bonds is 3. The second kappa shape index (κ2) is 6.47. The van der Waals surface area contributed by atoms with Gasteiger partial charge in [0.15, 0.2) is 0 Å². The van der Waals surface area contributed by atoms with Crippen LogP contribution in [0.4, 0.5) is 4.39 Å². The molecule has 130 valence electrons. The average Bonchev–Trinajstić information content (AvgIpc) is 2.62. The van der Waals surface area contributed by atoms with E-state index in [1.807, 2.05) is 17.0 Å². The van der Waals surface area contributed by atoms with Crippen LogP contribution in [0, 0.1) is 11.2 Å². The molecule has 1 aliphatic carbocycles. The summed E-state index contributed by atoms with van der Waals surface area (Å²) >= 11 is 0. The lowest BCUT2D eigenvalue weighted by atomic mass is 9.61. The Kier molecular flexibility index (Phi) is 4.15. The van der Waals surface area contributed by atoms with Crippen LogP contribution in [0.2, 0.25) is 0 Å². The number of ether oxygens (including phenoxy) is 1. The fourth-order valence-corrected chi connectivity index (χ4v) is 3.97. The Morgan fingerprint density at radius 1 is 1.16 bits per heavy atom. The molecule has 0 bridgehead atoms. The average molecular weight is 340 g/mol. The number of nitrogens with zero attached hydrogens (tertiary/aromatic N) is 2. The van der Waals surface area contributed by atoms with Crippen LogP contribution in [0.1, 0.15) is 36.0 Å². The predicted octanol–water partition coefficient (Wildman–Crippen LogP) is 3.68. The topological polar surface area (TPSA) is 42.4 Å². The van der Waals surface area contributed by atoms with E-state index >= 15 is 0 Å². The highest BCUT2D eigenvalue weighted by Gasteiger charge is 2.47. The van der Waals surface area contributed by atoms with Gasteiger partial charge in [-0.2, -0.15) is 0 Å². The van der Waals surface area contributed by atoms with Gasteiger partial charge in [0.1, 0.15) is 11.6 Å². The number of carbonyl (C=O) groups is 1. The second-order valence-corrected chi connectivity index (χ2v) is 7.14. The molecular formula is C20H21FN2O2. The largest absolute Gasteiger partial charge is 0.489 e. The highest BCUT2D eigenvalue weighted by Crippen LogP contribution is 2.50. The molecule has 2 heterocycles. The van der Waals surface area contributed by atoms with Gasteiger partial charge in [-0.25, -0.2) is 4.39 Å². The minimum atomic E-state index is -0.316. The maximum atomic E-state index is 13.0. The van der Waals surface area contributed by atoms with Crippen molar-refractivity contribution in [3.8, 4) is 5.75 Å². The summed E-state index contributed by atoms with van der Waals surface area (Å²) in [6.07, 6.45) is 7.84. The number of hydrogen-bond acceptors (Lipinski definition) is 3. The van der Waals surface area contributed by atoms with E-state index in [0.717, 1.165) is 44.5 Å². The van der Waals surface area contributed by atoms with Gasteiger partial charge in [0.05, 0.1) is 12.3 Å². The van der Waals surface area contributed by atoms with Crippen molar-refractivity contribution in [3.05, 3.63) is 60.2 Å². The Hall–Kier alpha value is -2.43. The molecule has 4 rings (SSSR count). The molecule has 4 nitrogen and oxygen atoms in total. The van der Waals surface area contributed by atoms with E-state index in [1.54, 1.807) is 24.5 Å². The van der Waals surface area contributed by atoms with Crippen LogP contribution < -0.4 is 4.74 Å². The minimum absolute atomic E-state index is 0.00247. The third kappa shape index (κ3) is 3.36. The van der Waals surface area contributed by atoms with Crippen LogP contribution in [0.3, 0.4) is 0 Å². The number of halogens is 1. The number of carbonyl (C=O) groups excluding carboxylic acids is 1. The number of aromatic nitrogens is 1. The van der Waals surface area contributed by atoms with Gasteiger partial charge in [-0.1, -0.05) is 0 Å². The van der Waals surface area contributed by atoms with Gasteiger partial charge >= 0.3 is 0 Å². The molecule has 1 aromatic carbocycles. The van der Waals surface area contributed by atoms with Crippen molar-refractivity contribution in [2.24, 2.45) is 5.41 Å². The first-order valence-electron chi connectivity index (χ1n) is 8.75. The summed E-state index contributed by atoms with van der Waals surface area (Å²) in [5, 5.41) is 0. The van der Waals surface area contributed by atoms with Crippen molar-refractivity contribution in [2.75, 3.05) is 13.1 Å². The number of amides is 1. The van der Waals surface area contributed by atoms with Gasteiger partial charge in [-0.15, -0.1) is 0 Å². The van der Waals surface area contributed by atoms with Gasteiger partial charge in [-0.3, -0.25) is 9.78 Å². The fraction of sp³-hybridized carbons (Fsp3) is 0.400. The molecule has 0 N–H and O–H groups in total. The molecule has 1 saturated carbocycles. The normalized spacial score (nSPS) is 19.5. The molecule has 2 aromatic rings. The zero-order chi connectivity index (χ0) is 17.3. The maximum Gasteiger partial charge on any atom is 0.253 e. The number of benzene rings is 1. The SMILES string of the molecule is O=C(c1ccc(F)cc1)N1CCC2(CC1)CC(Oc1cccnc1)C2. The summed E-state index contributed by atoms with van der Waals surface area (Å²) in [6.45, 7) is 1.52. The van der Waals surface area contributed by atoms with E-state index in [-0.39, 0.29) is 17.8 Å². The molecule has 5 heteroatoms. The predicted molar refractivity (Wildman–Crippen MR) is 91.9 cm³/mol. The van der Waals surface area contributed by atoms with E-state index < -0.39 is 0 Å². The Balaban J connectivity index is 1.29. The standard InChI is InChI=1S/C20H21FN2O2/c21-16-5-3-15(4-6-16)19(24)23-10-7-20(8-11-23)12-18(13-20)25-17-2-1-9-22-14-17/h1-6,9,14,18H,7-8,10-13H2. The lowest BCUT2D eigenvalue weighted by Gasteiger charge is -2.51. The summed E-state index contributed by atoms with van der Waals surface area (Å²) in [4.78, 5) is 18.5. The molecule has 2 fully saturated rings. The van der Waals surface area contributed by atoms with Gasteiger partial charge in [0.25, 0.3) is 5.91 Å². The minimum Gasteiger partial charge on any atom is -0.489 e. The molecule has 1 aliphatic heterocycles. The Morgan fingerprint density at radius 2 is 1.88 bits per heavy atom. The summed E-state index contributed by atoms with van der Waals surface area (Å²) < 4.78 is 19.0. The smallest absolute Gasteiger partial charge is 0.253 e. The van der Waals surface area contributed by atoms with E-state index in [2.05, 4.69) is 4.98 Å². The summed E-state index contributed by atoms with van der Waals surface area (Å²) in [5.74, 6) is 0.506. The van der Waals surface area contributed by atoms with Crippen molar-refractivity contribution >= 4 is 5.91 Å². The van der Waals surface area contributed by atoms with Crippen molar-refractivity contribution in [3.63, 3.8) is 0 Å². The molecule has 0 unspecified atom stereocenters. The molecule has 1 amide bonds. The number of pyridine rings is 1. The van der Waals surface area contributed by atoms with Crippen LogP contribution in [-0.4, -0.2) is 35.0 Å². The van der Waals surface area contributed by atoms with Crippen LogP contribution in [0.15, 0.2) is 48.8 Å². The Morgan fingerprint density at radius 3 is 2.52 bits per heavy atom. The van der Waals surface area contributed by atoms with Crippen molar-refractivity contribution in [2.45, 2.75) is 31.8 Å². The first kappa shape index (κ1) is 16.1. The fourth-order valence-electron chi connectivity index (χ4n) is 3.97. The van der Waals surface area contributed by atoms with Gasteiger partial charge < -0.3 is 9.64 Å². The molecular weight excluding hydrogens is 319 g/mol. The lowest BCUT2D eigenvalue weighted by Crippen LogP contribution is -2.52. The zero-order valence-corrected chi connectivity index (χ0v) is 14.0. The summed E-state index contributed by atoms with van der Waals surface area (Å²) in [5.41, 5.74) is 0.871. The van der Waals surface area contributed by atoms with E-state index in [9.17, 15) is 9.18 Å². The monoisotopic (exact) mass is 340 g/mol. The third-order valence-corrected chi connectivity index (χ3v) is 5.46. The van der Waals surface area contributed by atoms with E-state index in [4.69, 9.17) is 4.74 Å². The molecule has 1 saturated heterocycles. The van der Waals surface area contributed by atoms with E-state index in [1.165, 1.54) is 12.1 Å². The van der Waals surface area contributed by atoms with Gasteiger partial charge in [0, 0.05) is 24.8 Å². The first-order valence-corrected chi connectivity index (χ1v) is 8.75. The molecule has 1 spiro atoms. The van der Waals surface area contributed by atoms with Gasteiger partial charge in [-0.05, 0) is 67.5 Å². The highest BCUT2D eigenvalue weighted by molar-refractivity contribution is 5.94. The summed E-state index contributed by atoms with van der Waals surface area (Å²) in [7, 11) is 0. The lowest BCUT2D eigenvalue weighted by molar-refractivity contribution is -0.0509. The Bertz CT molecular complexity index is 732. The van der Waals surface area contributed by atoms with Crippen molar-refractivity contribution < 1.29 is 13.9 Å². The van der Waals surface area contributed by atoms with Gasteiger partial charge in [0.2, 0.25) is 0 Å². The van der Waals surface area contributed by atoms with Crippen LogP contribution in [-0.2, 0) is 0 Å². The quantitative estimate of drug-likeness (QED) is 0.856. The maximum absolute atomic E-state index is 13.0. The highest BCUT2D eigenvalue weighted by atomic mass is 19.1. The van der Waals surface area contributed by atoms with Crippen LogP contribution in [0.5, 0.6) is 5.75 Å². The molecule has 0 atom stereocenters. The Labute approximate surface area is 146 Å². The number of likely N-dealkylation sites (tertiary alicyclic amines) is 1. The third-order valence-electron chi connectivity index (χ3n) is 5.46. The van der Waals surface area contributed by atoms with E-state index in [0.29, 0.717) is 11.0 Å². The van der Waals surface area contributed by atoms with Crippen molar-refractivity contribution in [1.29, 1.82) is 0 Å². The second-order valence-electron chi connectivity index (χ2n) is 7.14.